The summed E-state index contributed by atoms with van der Waals surface area (Å²) in [5, 5.41) is 16.7. The molecule has 0 bridgehead atoms. The van der Waals surface area contributed by atoms with Gasteiger partial charge in [-0.2, -0.15) is 0 Å². The number of carbonyl (C=O) groups is 3. The quantitative estimate of drug-likeness (QED) is 0.378. The van der Waals surface area contributed by atoms with Crippen LogP contribution in [0.15, 0.2) is 54.0 Å². The van der Waals surface area contributed by atoms with Crippen molar-refractivity contribution in [2.45, 2.75) is 45.6 Å². The number of hydrogen-bond acceptors (Lipinski definition) is 6. The number of hydrogen-bond donors (Lipinski definition) is 3. The van der Waals surface area contributed by atoms with Crippen LogP contribution in [-0.2, 0) is 4.79 Å². The fourth-order valence-corrected chi connectivity index (χ4v) is 5.01. The monoisotopic (exact) mass is 554 g/mol. The van der Waals surface area contributed by atoms with E-state index in [-0.39, 0.29) is 11.8 Å². The lowest BCUT2D eigenvalue weighted by atomic mass is 9.84. The van der Waals surface area contributed by atoms with Crippen molar-refractivity contribution in [1.29, 1.82) is 0 Å². The Kier molecular flexibility index (Phi) is 8.63. The zero-order valence-electron chi connectivity index (χ0n) is 21.5. The SMILES string of the molecule is CC(C)(C)[C@@H](NC(=O)c1cccc(NC(=O)Nc2nncs2)c1)C(=O)N1CCC(c2ccc(Cl)cc2)CC1. The average molecular weight is 555 g/mol. The lowest BCUT2D eigenvalue weighted by Gasteiger charge is -2.38. The molecule has 0 spiro atoms. The Balaban J connectivity index is 1.38. The van der Waals surface area contributed by atoms with Crippen LogP contribution in [-0.4, -0.2) is 52.1 Å². The number of anilines is 2. The third-order valence-corrected chi connectivity index (χ3v) is 7.36. The second kappa shape index (κ2) is 11.9. The van der Waals surface area contributed by atoms with Gasteiger partial charge in [-0.05, 0) is 60.1 Å². The molecule has 1 fully saturated rings. The Labute approximate surface area is 231 Å². The standard InChI is InChI=1S/C27H31ClN6O3S/c1-27(2,3)22(24(36)34-13-11-18(12-14-34)17-7-9-20(28)10-8-17)31-23(35)19-5-4-6-21(15-19)30-25(37)32-26-33-29-16-38-26/h4-10,15-16,18,22H,11-14H2,1-3H3,(H,31,35)(H2,30,32,33,37)/t22-/m0/s1. The fraction of sp³-hybridized carbons (Fsp3) is 0.370. The molecule has 4 amide bonds. The number of amides is 4. The van der Waals surface area contributed by atoms with Crippen molar-refractivity contribution in [3.05, 3.63) is 70.2 Å². The number of benzene rings is 2. The Hall–Kier alpha value is -3.50. The van der Waals surface area contributed by atoms with Crippen LogP contribution in [0, 0.1) is 5.41 Å². The first-order valence-corrected chi connectivity index (χ1v) is 13.7. The second-order valence-electron chi connectivity index (χ2n) is 10.3. The van der Waals surface area contributed by atoms with Crippen LogP contribution < -0.4 is 16.0 Å². The van der Waals surface area contributed by atoms with Crippen LogP contribution in [0.1, 0.15) is 55.5 Å². The Morgan fingerprint density at radius 2 is 1.76 bits per heavy atom. The summed E-state index contributed by atoms with van der Waals surface area (Å²) in [6, 6.07) is 13.2. The summed E-state index contributed by atoms with van der Waals surface area (Å²) < 4.78 is 0. The van der Waals surface area contributed by atoms with E-state index >= 15 is 0 Å². The van der Waals surface area contributed by atoms with Gasteiger partial charge >= 0.3 is 6.03 Å². The maximum atomic E-state index is 13.6. The molecular formula is C27H31ClN6O3S. The van der Waals surface area contributed by atoms with E-state index in [9.17, 15) is 14.4 Å². The number of nitrogens with zero attached hydrogens (tertiary/aromatic N) is 3. The smallest absolute Gasteiger partial charge is 0.325 e. The number of halogens is 1. The van der Waals surface area contributed by atoms with Crippen molar-refractivity contribution in [2.24, 2.45) is 5.41 Å². The van der Waals surface area contributed by atoms with Crippen molar-refractivity contribution in [3.8, 4) is 0 Å². The summed E-state index contributed by atoms with van der Waals surface area (Å²) in [7, 11) is 0. The number of aromatic nitrogens is 2. The minimum atomic E-state index is -0.709. The van der Waals surface area contributed by atoms with Crippen LogP contribution in [0.5, 0.6) is 0 Å². The fourth-order valence-electron chi connectivity index (χ4n) is 4.44. The molecule has 2 heterocycles. The summed E-state index contributed by atoms with van der Waals surface area (Å²) in [5.41, 5.74) is 3.00. The topological polar surface area (TPSA) is 116 Å². The van der Waals surface area contributed by atoms with Gasteiger partial charge in [0.25, 0.3) is 5.91 Å². The predicted octanol–water partition coefficient (Wildman–Crippen LogP) is 5.39. The summed E-state index contributed by atoms with van der Waals surface area (Å²) in [4.78, 5) is 40.9. The zero-order valence-corrected chi connectivity index (χ0v) is 23.1. The van der Waals surface area contributed by atoms with Crippen LogP contribution in [0.25, 0.3) is 0 Å². The number of carbonyl (C=O) groups excluding carboxylic acids is 3. The van der Waals surface area contributed by atoms with Gasteiger partial charge in [-0.15, -0.1) is 10.2 Å². The summed E-state index contributed by atoms with van der Waals surface area (Å²) >= 11 is 7.22. The first-order chi connectivity index (χ1) is 18.1. The zero-order chi connectivity index (χ0) is 27.3. The highest BCUT2D eigenvalue weighted by Crippen LogP contribution is 2.30. The molecule has 1 aliphatic rings. The number of piperidine rings is 1. The first kappa shape index (κ1) is 27.5. The van der Waals surface area contributed by atoms with Gasteiger partial charge in [-0.3, -0.25) is 14.9 Å². The lowest BCUT2D eigenvalue weighted by molar-refractivity contribution is -0.136. The molecule has 3 N–H and O–H groups in total. The highest BCUT2D eigenvalue weighted by atomic mass is 35.5. The Morgan fingerprint density at radius 3 is 2.39 bits per heavy atom. The van der Waals surface area contributed by atoms with Crippen molar-refractivity contribution in [3.63, 3.8) is 0 Å². The van der Waals surface area contributed by atoms with E-state index in [1.807, 2.05) is 49.9 Å². The normalized spacial score (nSPS) is 15.0. The largest absolute Gasteiger partial charge is 0.341 e. The molecule has 0 radical (unpaired) electrons. The van der Waals surface area contributed by atoms with Crippen molar-refractivity contribution >= 4 is 51.6 Å². The molecule has 200 valence electrons. The highest BCUT2D eigenvalue weighted by molar-refractivity contribution is 7.13. The molecule has 3 aromatic rings. The predicted molar refractivity (Wildman–Crippen MR) is 150 cm³/mol. The van der Waals surface area contributed by atoms with Gasteiger partial charge < -0.3 is 15.5 Å². The molecule has 1 aromatic heterocycles. The molecule has 1 saturated heterocycles. The maximum absolute atomic E-state index is 13.6. The maximum Gasteiger partial charge on any atom is 0.325 e. The molecule has 4 rings (SSSR count). The van der Waals surface area contributed by atoms with Crippen LogP contribution in [0.3, 0.4) is 0 Å². The Bertz CT molecular complexity index is 1270. The number of likely N-dealkylation sites (tertiary alicyclic amines) is 1. The highest BCUT2D eigenvalue weighted by Gasteiger charge is 2.37. The van der Waals surface area contributed by atoms with Crippen molar-refractivity contribution in [2.75, 3.05) is 23.7 Å². The third kappa shape index (κ3) is 7.08. The number of rotatable bonds is 6. The number of urea groups is 1. The molecule has 1 aliphatic heterocycles. The average Bonchev–Trinajstić information content (AvgIpc) is 3.39. The van der Waals surface area contributed by atoms with Crippen LogP contribution in [0.4, 0.5) is 15.6 Å². The van der Waals surface area contributed by atoms with Crippen molar-refractivity contribution in [1.82, 2.24) is 20.4 Å². The van der Waals surface area contributed by atoms with Crippen LogP contribution >= 0.6 is 22.9 Å². The third-order valence-electron chi connectivity index (χ3n) is 6.50. The minimum Gasteiger partial charge on any atom is -0.341 e. The summed E-state index contributed by atoms with van der Waals surface area (Å²) in [5.74, 6) is -0.105. The molecule has 2 aromatic carbocycles. The molecule has 38 heavy (non-hydrogen) atoms. The van der Waals surface area contributed by atoms with Crippen molar-refractivity contribution < 1.29 is 14.4 Å². The first-order valence-electron chi connectivity index (χ1n) is 12.4. The number of nitrogens with one attached hydrogen (secondary N) is 3. The van der Waals surface area contributed by atoms with Gasteiger partial charge in [0, 0.05) is 29.4 Å². The van der Waals surface area contributed by atoms with E-state index < -0.39 is 17.5 Å². The van der Waals surface area contributed by atoms with Gasteiger partial charge in [0.05, 0.1) is 0 Å². The van der Waals surface area contributed by atoms with Gasteiger partial charge in [0.1, 0.15) is 11.6 Å². The summed E-state index contributed by atoms with van der Waals surface area (Å²) in [6.45, 7) is 7.06. The molecular weight excluding hydrogens is 524 g/mol. The second-order valence-corrected chi connectivity index (χ2v) is 11.6. The molecule has 9 nitrogen and oxygen atoms in total. The van der Waals surface area contributed by atoms with Gasteiger partial charge in [0.2, 0.25) is 11.0 Å². The van der Waals surface area contributed by atoms with Crippen LogP contribution in [0.2, 0.25) is 5.02 Å². The van der Waals surface area contributed by atoms with Gasteiger partial charge in [0.15, 0.2) is 0 Å². The molecule has 0 unspecified atom stereocenters. The van der Waals surface area contributed by atoms with E-state index in [2.05, 4.69) is 26.1 Å². The van der Waals surface area contributed by atoms with E-state index in [0.717, 1.165) is 12.8 Å². The summed E-state index contributed by atoms with van der Waals surface area (Å²) in [6.07, 6.45) is 1.70. The van der Waals surface area contributed by atoms with E-state index in [1.54, 1.807) is 24.3 Å². The molecule has 0 aliphatic carbocycles. The Morgan fingerprint density at radius 1 is 1.05 bits per heavy atom. The van der Waals surface area contributed by atoms with E-state index in [1.165, 1.54) is 22.4 Å². The molecule has 0 saturated carbocycles. The van der Waals surface area contributed by atoms with Gasteiger partial charge in [-0.1, -0.05) is 61.9 Å². The lowest BCUT2D eigenvalue weighted by Crippen LogP contribution is -2.56. The molecule has 1 atom stereocenters. The molecule has 11 heteroatoms. The van der Waals surface area contributed by atoms with E-state index in [4.69, 9.17) is 11.6 Å². The van der Waals surface area contributed by atoms with E-state index in [0.29, 0.717) is 40.4 Å². The van der Waals surface area contributed by atoms with Gasteiger partial charge in [-0.25, -0.2) is 4.79 Å². The minimum absolute atomic E-state index is 0.0916.